The number of nitrogens with zero attached hydrogens (tertiary/aromatic N) is 5. The van der Waals surface area contributed by atoms with Crippen molar-refractivity contribution in [1.29, 1.82) is 0 Å². The predicted octanol–water partition coefficient (Wildman–Crippen LogP) is 17.5. The third-order valence-corrected chi connectivity index (χ3v) is 19.0. The molecule has 0 radical (unpaired) electrons. The van der Waals surface area contributed by atoms with Crippen molar-refractivity contribution < 1.29 is 9.47 Å². The summed E-state index contributed by atoms with van der Waals surface area (Å²) in [6.45, 7) is 4.28. The first-order valence-corrected chi connectivity index (χ1v) is 31.1. The number of benzene rings is 13. The Kier molecular flexibility index (Phi) is 11.7. The maximum Gasteiger partial charge on any atom is 0.256 e. The summed E-state index contributed by atoms with van der Waals surface area (Å²) >= 11 is 0. The molecular formula is C81H57B2N5O2. The highest BCUT2D eigenvalue weighted by Crippen LogP contribution is 2.57. The van der Waals surface area contributed by atoms with Gasteiger partial charge in [-0.1, -0.05) is 190 Å². The van der Waals surface area contributed by atoms with E-state index in [-0.39, 0.29) is 13.4 Å². The maximum absolute atomic E-state index is 7.95. The molecule has 0 spiro atoms. The molecule has 0 saturated carbocycles. The van der Waals surface area contributed by atoms with Gasteiger partial charge in [-0.25, -0.2) is 0 Å². The lowest BCUT2D eigenvalue weighted by molar-refractivity contribution is 0.465. The highest BCUT2D eigenvalue weighted by Gasteiger charge is 2.50. The van der Waals surface area contributed by atoms with Crippen molar-refractivity contribution in [3.05, 3.63) is 321 Å². The van der Waals surface area contributed by atoms with Gasteiger partial charge in [-0.2, -0.15) is 0 Å². The highest BCUT2D eigenvalue weighted by molar-refractivity contribution is 7.02. The minimum atomic E-state index is -0.485. The van der Waals surface area contributed by atoms with Crippen LogP contribution in [0.3, 0.4) is 0 Å². The zero-order valence-electron chi connectivity index (χ0n) is 49.7. The van der Waals surface area contributed by atoms with Gasteiger partial charge in [0, 0.05) is 85.7 Å². The summed E-state index contributed by atoms with van der Waals surface area (Å²) in [5.74, 6) is 3.38. The van der Waals surface area contributed by atoms with Crippen LogP contribution in [0.2, 0.25) is 0 Å². The fraction of sp³-hybridized carbons (Fsp3) is 0.0370. The molecule has 0 aromatic heterocycles. The monoisotopic (exact) mass is 1150 g/mol. The van der Waals surface area contributed by atoms with Crippen molar-refractivity contribution in [2.75, 3.05) is 24.5 Å². The van der Waals surface area contributed by atoms with Crippen LogP contribution in [0, 0.1) is 0 Å². The van der Waals surface area contributed by atoms with Crippen LogP contribution in [0.4, 0.5) is 85.3 Å². The van der Waals surface area contributed by atoms with Gasteiger partial charge in [0.15, 0.2) is 0 Å². The molecule has 5 aliphatic heterocycles. The van der Waals surface area contributed by atoms with Gasteiger partial charge in [0.2, 0.25) is 0 Å². The van der Waals surface area contributed by atoms with Gasteiger partial charge >= 0.3 is 0 Å². The van der Waals surface area contributed by atoms with E-state index < -0.39 is 5.41 Å². The molecule has 90 heavy (non-hydrogen) atoms. The number of fused-ring (bicyclic) bond motifs is 11. The van der Waals surface area contributed by atoms with E-state index in [0.717, 1.165) is 136 Å². The molecule has 0 unspecified atom stereocenters. The minimum absolute atomic E-state index is 0.201. The zero-order chi connectivity index (χ0) is 59.6. The lowest BCUT2D eigenvalue weighted by atomic mass is 9.30. The molecular weight excluding hydrogens is 1100 g/mol. The van der Waals surface area contributed by atoms with Crippen molar-refractivity contribution in [1.82, 2.24) is 0 Å². The Labute approximate surface area is 525 Å². The van der Waals surface area contributed by atoms with Crippen LogP contribution in [0.5, 0.6) is 23.0 Å². The van der Waals surface area contributed by atoms with Gasteiger partial charge in [-0.05, 0) is 160 Å². The number of hydrogen-bond acceptors (Lipinski definition) is 7. The predicted molar refractivity (Wildman–Crippen MR) is 374 cm³/mol. The number of hydrogen-bond donors (Lipinski definition) is 0. The molecule has 0 amide bonds. The van der Waals surface area contributed by atoms with Crippen LogP contribution in [-0.2, 0) is 5.41 Å². The summed E-state index contributed by atoms with van der Waals surface area (Å²) in [7, 11) is 0. The first kappa shape index (κ1) is 51.8. The van der Waals surface area contributed by atoms with E-state index in [9.17, 15) is 0 Å². The number of para-hydroxylation sites is 9. The lowest BCUT2D eigenvalue weighted by Crippen LogP contribution is -2.64. The number of anilines is 15. The van der Waals surface area contributed by atoms with Crippen LogP contribution < -0.4 is 66.8 Å². The largest absolute Gasteiger partial charge is 0.458 e. The quantitative estimate of drug-likeness (QED) is 0.133. The van der Waals surface area contributed by atoms with Gasteiger partial charge in [0.1, 0.15) is 23.0 Å². The van der Waals surface area contributed by atoms with Crippen molar-refractivity contribution in [2.45, 2.75) is 19.3 Å². The summed E-state index contributed by atoms with van der Waals surface area (Å²) in [5.41, 5.74) is 24.7. The van der Waals surface area contributed by atoms with Gasteiger partial charge in [0.25, 0.3) is 13.4 Å². The van der Waals surface area contributed by atoms with E-state index in [1.165, 1.54) is 16.5 Å². The summed E-state index contributed by atoms with van der Waals surface area (Å²) in [6.07, 6.45) is 0. The molecule has 0 aliphatic carbocycles. The molecule has 7 nitrogen and oxygen atoms in total. The van der Waals surface area contributed by atoms with E-state index in [4.69, 9.17) is 9.47 Å². The summed E-state index contributed by atoms with van der Waals surface area (Å²) in [5, 5.41) is 0. The second kappa shape index (κ2) is 20.3. The molecule has 0 bridgehead atoms. The Bertz CT molecular complexity index is 4880. The van der Waals surface area contributed by atoms with E-state index >= 15 is 0 Å². The van der Waals surface area contributed by atoms with E-state index in [1.54, 1.807) is 0 Å². The Morgan fingerprint density at radius 2 is 0.689 bits per heavy atom. The maximum atomic E-state index is 7.95. The molecule has 5 aliphatic rings. The second-order valence-electron chi connectivity index (χ2n) is 24.4. The average molecular weight is 1150 g/mol. The van der Waals surface area contributed by atoms with E-state index in [0.29, 0.717) is 0 Å². The van der Waals surface area contributed by atoms with E-state index in [1.807, 2.05) is 0 Å². The molecule has 0 N–H and O–H groups in total. The lowest BCUT2D eigenvalue weighted by Gasteiger charge is -2.46. The molecule has 9 heteroatoms. The van der Waals surface area contributed by atoms with Crippen LogP contribution in [0.15, 0.2) is 309 Å². The topological polar surface area (TPSA) is 34.7 Å². The minimum Gasteiger partial charge on any atom is -0.458 e. The molecule has 18 rings (SSSR count). The third-order valence-electron chi connectivity index (χ3n) is 19.0. The van der Waals surface area contributed by atoms with Crippen LogP contribution in [-0.4, -0.2) is 13.4 Å². The van der Waals surface area contributed by atoms with Gasteiger partial charge in [-0.15, -0.1) is 0 Å². The Hall–Kier alpha value is -11.4. The Morgan fingerprint density at radius 3 is 1.18 bits per heavy atom. The summed E-state index contributed by atoms with van der Waals surface area (Å²) < 4.78 is 15.2. The smallest absolute Gasteiger partial charge is 0.256 e. The van der Waals surface area contributed by atoms with Crippen LogP contribution in [0.1, 0.15) is 25.0 Å². The van der Waals surface area contributed by atoms with Gasteiger partial charge in [0.05, 0.1) is 22.7 Å². The normalized spacial score (nSPS) is 13.8. The van der Waals surface area contributed by atoms with Gasteiger partial charge < -0.3 is 34.0 Å². The van der Waals surface area contributed by atoms with E-state index in [2.05, 4.69) is 348 Å². The number of ether oxygens (including phenoxy) is 2. The first-order chi connectivity index (χ1) is 44.4. The standard InChI is InChI=1S/C81H57B2N5O2/c1-81(2)63-42-24-26-44-68(63)86(58-36-18-7-19-37-58)69-47-46-65-80(77(69)81)90-76-51-62(85(56-32-14-5-15-33-56)57-34-16-6-17-35-57)49-73-79(76)83(65)67-52-66-70(53-71(67)88(73)60-40-22-9-23-41-60)87(59-38-20-8-21-39-59)72-48-61(50-75-78(72)82(66)64-43-25-27-45-74(64)89-75)84(54-28-10-3-11-29-54)55-30-12-4-13-31-55/h3-53H,1-2H3. The van der Waals surface area contributed by atoms with Crippen molar-refractivity contribution >= 4 is 132 Å². The molecule has 424 valence electrons. The molecule has 0 saturated heterocycles. The summed E-state index contributed by atoms with van der Waals surface area (Å²) in [6, 6.07) is 112. The van der Waals surface area contributed by atoms with Crippen molar-refractivity contribution in [3.63, 3.8) is 0 Å². The highest BCUT2D eigenvalue weighted by atomic mass is 16.5. The second-order valence-corrected chi connectivity index (χ2v) is 24.4. The molecule has 5 heterocycles. The molecule has 13 aromatic carbocycles. The first-order valence-electron chi connectivity index (χ1n) is 31.1. The van der Waals surface area contributed by atoms with Crippen molar-refractivity contribution in [3.8, 4) is 23.0 Å². The molecule has 13 aromatic rings. The SMILES string of the molecule is CC1(C)c2ccccc2N(c2ccccc2)c2ccc3c(c21)Oc1cc(N(c2ccccc2)c2ccccc2)cc2c1B3c1cc3c(cc1N2c1ccccc1)N(c1ccccc1)c1cc(N(c2ccccc2)c2ccccc2)cc2c1B3c1ccccc1O2. The fourth-order valence-electron chi connectivity index (χ4n) is 15.2. The third kappa shape index (κ3) is 7.88. The van der Waals surface area contributed by atoms with Crippen LogP contribution >= 0.6 is 0 Å². The Balaban J connectivity index is 0.950. The average Bonchev–Trinajstić information content (AvgIpc) is 0.691. The molecule has 0 atom stereocenters. The van der Waals surface area contributed by atoms with Crippen molar-refractivity contribution in [2.24, 2.45) is 0 Å². The molecule has 0 fully saturated rings. The number of rotatable bonds is 9. The van der Waals surface area contributed by atoms with Gasteiger partial charge in [-0.3, -0.25) is 0 Å². The van der Waals surface area contributed by atoms with Crippen LogP contribution in [0.25, 0.3) is 0 Å². The Morgan fingerprint density at radius 1 is 0.289 bits per heavy atom. The fourth-order valence-corrected chi connectivity index (χ4v) is 15.2. The summed E-state index contributed by atoms with van der Waals surface area (Å²) in [4.78, 5) is 12.2. The zero-order valence-corrected chi connectivity index (χ0v) is 49.7.